The van der Waals surface area contributed by atoms with Gasteiger partial charge in [0.25, 0.3) is 0 Å². The van der Waals surface area contributed by atoms with Crippen molar-refractivity contribution in [3.05, 3.63) is 0 Å². The van der Waals surface area contributed by atoms with Crippen LogP contribution in [0.2, 0.25) is 0 Å². The van der Waals surface area contributed by atoms with E-state index in [4.69, 9.17) is 0 Å². The van der Waals surface area contributed by atoms with Gasteiger partial charge in [-0.2, -0.15) is 0 Å². The van der Waals surface area contributed by atoms with E-state index in [9.17, 15) is 0 Å². The summed E-state index contributed by atoms with van der Waals surface area (Å²) >= 11 is 4.64. The van der Waals surface area contributed by atoms with Crippen molar-refractivity contribution < 1.29 is 59.7 Å². The van der Waals surface area contributed by atoms with E-state index in [0.29, 0.717) is 0 Å². The first-order valence-corrected chi connectivity index (χ1v) is 3.38. The molecule has 0 aliphatic carbocycles. The fourth-order valence-electron chi connectivity index (χ4n) is 0. The molecule has 0 aromatic heterocycles. The van der Waals surface area contributed by atoms with E-state index in [2.05, 4.69) is 14.2 Å². The van der Waals surface area contributed by atoms with Crippen molar-refractivity contribution in [2.24, 2.45) is 0 Å². The molecular weight excluding hydrogens is 214 g/mol. The van der Waals surface area contributed by atoms with Crippen molar-refractivity contribution in [3.63, 3.8) is 0 Å². The van der Waals surface area contributed by atoms with Crippen LogP contribution in [0.4, 0.5) is 0 Å². The SMILES string of the molecule is [BH2][Co][Fe].[Y]. The molecule has 0 aromatic rings. The molecule has 0 unspecified atom stereocenters. The van der Waals surface area contributed by atoms with Crippen molar-refractivity contribution in [2.75, 3.05) is 0 Å². The smallest absolute Gasteiger partial charge is 0 e. The van der Waals surface area contributed by atoms with Gasteiger partial charge in [0.1, 0.15) is 0 Å². The zero-order valence-electron chi connectivity index (χ0n) is 2.26. The first kappa shape index (κ1) is 9.50. The molecule has 0 rings (SSSR count). The Morgan fingerprint density at radius 3 is 1.75 bits per heavy atom. The van der Waals surface area contributed by atoms with Crippen LogP contribution in [0.15, 0.2) is 0 Å². The summed E-state index contributed by atoms with van der Waals surface area (Å²) in [7, 11) is 0. The average Bonchev–Trinajstić information content (AvgIpc) is 0.918. The second kappa shape index (κ2) is 8.96. The number of hydrogen-bond acceptors (Lipinski definition) is 0. The van der Waals surface area contributed by atoms with Crippen LogP contribution in [0.1, 0.15) is 0 Å². The molecule has 0 bridgehead atoms. The van der Waals surface area contributed by atoms with E-state index in [-0.39, 0.29) is 32.7 Å². The van der Waals surface area contributed by atoms with Gasteiger partial charge >= 0.3 is 33.7 Å². The predicted molar refractivity (Wildman–Crippen MR) is 8.54 cm³/mol. The molecule has 0 amide bonds. The van der Waals surface area contributed by atoms with E-state index < -0.39 is 0 Å². The number of hydrogen-bond donors (Lipinski definition) is 0. The van der Waals surface area contributed by atoms with E-state index in [1.54, 1.807) is 0 Å². The van der Waals surface area contributed by atoms with Crippen molar-refractivity contribution in [3.8, 4) is 0 Å². The minimum Gasteiger partial charge on any atom is 0 e. The second-order valence-corrected chi connectivity index (χ2v) is 2.00. The van der Waals surface area contributed by atoms with Crippen LogP contribution < -0.4 is 0 Å². The molecule has 0 spiro atoms. The van der Waals surface area contributed by atoms with Gasteiger partial charge in [0.05, 0.1) is 0 Å². The summed E-state index contributed by atoms with van der Waals surface area (Å²) in [5, 5.41) is 0. The van der Waals surface area contributed by atoms with Gasteiger partial charge < -0.3 is 0 Å². The Hall–Kier alpha value is 2.19. The Labute approximate surface area is 65.4 Å². The van der Waals surface area contributed by atoms with Crippen LogP contribution in [0, 0.1) is 0 Å². The molecule has 0 saturated carbocycles. The summed E-state index contributed by atoms with van der Waals surface area (Å²) < 4.78 is 0. The largest absolute Gasteiger partial charge is 0 e. The predicted octanol–water partition coefficient (Wildman–Crippen LogP) is -0.924. The Morgan fingerprint density at radius 2 is 1.75 bits per heavy atom. The maximum Gasteiger partial charge on any atom is 0 e. The monoisotopic (exact) mass is 217 g/mol. The summed E-state index contributed by atoms with van der Waals surface area (Å²) in [5.41, 5.74) is 0. The maximum absolute atomic E-state index is 3.45. The Balaban J connectivity index is 0. The zero-order chi connectivity index (χ0) is 2.71. The summed E-state index contributed by atoms with van der Waals surface area (Å²) in [6.45, 7) is 1.98. The van der Waals surface area contributed by atoms with Crippen LogP contribution in [-0.4, -0.2) is 6.70 Å². The van der Waals surface area contributed by atoms with E-state index >= 15 is 0 Å². The maximum atomic E-state index is 3.45. The van der Waals surface area contributed by atoms with Crippen LogP contribution >= 0.6 is 0 Å². The van der Waals surface area contributed by atoms with Gasteiger partial charge in [-0.1, -0.05) is 0 Å². The van der Waals surface area contributed by atoms with E-state index in [1.807, 2.05) is 6.70 Å². The van der Waals surface area contributed by atoms with Gasteiger partial charge in [-0.15, -0.1) is 0 Å². The van der Waals surface area contributed by atoms with Crippen molar-refractivity contribution >= 4 is 6.70 Å². The molecule has 0 nitrogen and oxygen atoms in total. The molecule has 0 heterocycles. The third-order valence-corrected chi connectivity index (χ3v) is 0. The first-order valence-electron chi connectivity index (χ1n) is 0.451. The molecular formula is H2BCoFeY. The van der Waals surface area contributed by atoms with Crippen LogP contribution in [0.5, 0.6) is 0 Å². The minimum absolute atomic E-state index is 0. The molecule has 0 saturated heterocycles. The standard InChI is InChI=1S/BH2.Co.Fe.Y/h1H2;;;/q+1;-1;;. The molecule has 0 N–H and O–H groups in total. The Bertz CT molecular complexity index is 8.00. The Morgan fingerprint density at radius 1 is 1.75 bits per heavy atom. The third kappa shape index (κ3) is 8.89. The Kier molecular flexibility index (Phi) is 21.3. The molecule has 0 fully saturated rings. The molecule has 25 valence electrons. The zero-order valence-corrected chi connectivity index (χ0v) is 7.25. The number of rotatable bonds is 0. The van der Waals surface area contributed by atoms with Crippen molar-refractivity contribution in [1.29, 1.82) is 0 Å². The molecule has 4 heavy (non-hydrogen) atoms. The quantitative estimate of drug-likeness (QED) is 0.460. The average molecular weight is 217 g/mol. The first-order chi connectivity index (χ1) is 1.41. The van der Waals surface area contributed by atoms with Crippen molar-refractivity contribution in [1.82, 2.24) is 0 Å². The minimum atomic E-state index is 0. The van der Waals surface area contributed by atoms with E-state index in [1.165, 1.54) is 12.7 Å². The van der Waals surface area contributed by atoms with E-state index in [0.717, 1.165) is 0 Å². The van der Waals surface area contributed by atoms with Gasteiger partial charge in [0, 0.05) is 32.7 Å². The van der Waals surface area contributed by atoms with Gasteiger partial charge in [-0.25, -0.2) is 0 Å². The molecule has 4 heteroatoms. The molecule has 0 aliphatic rings. The summed E-state index contributed by atoms with van der Waals surface area (Å²) in [6, 6.07) is 0. The van der Waals surface area contributed by atoms with Crippen LogP contribution in [-0.2, 0) is 59.7 Å². The fourth-order valence-corrected chi connectivity index (χ4v) is 0. The van der Waals surface area contributed by atoms with Gasteiger partial charge in [-0.3, -0.25) is 0 Å². The third-order valence-electron chi connectivity index (χ3n) is 0. The molecule has 0 atom stereocenters. The topological polar surface area (TPSA) is 0 Å². The second-order valence-electron chi connectivity index (χ2n) is 0.118. The fraction of sp³-hybridized carbons (Fsp3) is 0. The van der Waals surface area contributed by atoms with Gasteiger partial charge in [0.2, 0.25) is 0 Å². The summed E-state index contributed by atoms with van der Waals surface area (Å²) in [6.07, 6.45) is 0. The molecule has 1 radical (unpaired) electrons. The molecule has 0 aliphatic heterocycles. The normalized spacial score (nSPS) is 5.25. The van der Waals surface area contributed by atoms with Crippen LogP contribution in [0.3, 0.4) is 0 Å². The van der Waals surface area contributed by atoms with Gasteiger partial charge in [0.15, 0.2) is 0 Å². The van der Waals surface area contributed by atoms with Crippen LogP contribution in [0.25, 0.3) is 0 Å². The molecule has 0 aromatic carbocycles. The van der Waals surface area contributed by atoms with Gasteiger partial charge in [-0.05, 0) is 0 Å². The summed E-state index contributed by atoms with van der Waals surface area (Å²) in [4.78, 5) is 0. The summed E-state index contributed by atoms with van der Waals surface area (Å²) in [5.74, 6) is 0. The van der Waals surface area contributed by atoms with Crippen molar-refractivity contribution in [2.45, 2.75) is 0 Å².